The SMILES string of the molecule is Cc1cc(Oc2coc3cc(OC(=O)COc4ccc(Cl)cc4)ccc3c2=O)cc(C)c1Cl. The predicted octanol–water partition coefficient (Wildman–Crippen LogP) is 6.49. The summed E-state index contributed by atoms with van der Waals surface area (Å²) >= 11 is 12.0. The quantitative estimate of drug-likeness (QED) is 0.230. The average Bonchev–Trinajstić information content (AvgIpc) is 2.79. The van der Waals surface area contributed by atoms with Gasteiger partial charge in [0.2, 0.25) is 11.2 Å². The average molecular weight is 485 g/mol. The molecule has 0 fully saturated rings. The molecule has 3 aromatic carbocycles. The van der Waals surface area contributed by atoms with Crippen LogP contribution < -0.4 is 19.6 Å². The molecule has 0 amide bonds. The first kappa shape index (κ1) is 22.7. The highest BCUT2D eigenvalue weighted by atomic mass is 35.5. The Labute approximate surface area is 199 Å². The van der Waals surface area contributed by atoms with Crippen molar-refractivity contribution in [1.82, 2.24) is 0 Å². The number of hydrogen-bond acceptors (Lipinski definition) is 6. The number of hydrogen-bond donors (Lipinski definition) is 0. The second-order valence-corrected chi connectivity index (χ2v) is 8.09. The zero-order chi connectivity index (χ0) is 23.5. The first-order chi connectivity index (χ1) is 15.8. The number of carbonyl (C=O) groups excluding carboxylic acids is 1. The van der Waals surface area contributed by atoms with Crippen molar-refractivity contribution in [3.63, 3.8) is 0 Å². The van der Waals surface area contributed by atoms with Crippen LogP contribution in [0.4, 0.5) is 0 Å². The Kier molecular flexibility index (Phi) is 6.58. The molecule has 0 aliphatic heterocycles. The Bertz CT molecular complexity index is 1370. The van der Waals surface area contributed by atoms with Crippen LogP contribution in [-0.4, -0.2) is 12.6 Å². The minimum Gasteiger partial charge on any atom is -0.482 e. The van der Waals surface area contributed by atoms with Gasteiger partial charge in [0, 0.05) is 16.1 Å². The number of halogens is 2. The molecule has 4 aromatic rings. The monoisotopic (exact) mass is 484 g/mol. The fourth-order valence-corrected chi connectivity index (χ4v) is 3.39. The molecule has 0 saturated carbocycles. The zero-order valence-corrected chi connectivity index (χ0v) is 19.2. The van der Waals surface area contributed by atoms with E-state index in [1.165, 1.54) is 24.5 Å². The second kappa shape index (κ2) is 9.57. The van der Waals surface area contributed by atoms with Crippen molar-refractivity contribution in [2.75, 3.05) is 6.61 Å². The lowest BCUT2D eigenvalue weighted by atomic mass is 10.1. The van der Waals surface area contributed by atoms with Crippen molar-refractivity contribution >= 4 is 40.1 Å². The van der Waals surface area contributed by atoms with Gasteiger partial charge >= 0.3 is 5.97 Å². The number of rotatable bonds is 6. The van der Waals surface area contributed by atoms with E-state index in [9.17, 15) is 9.59 Å². The summed E-state index contributed by atoms with van der Waals surface area (Å²) in [6, 6.07) is 14.5. The highest BCUT2D eigenvalue weighted by Crippen LogP contribution is 2.29. The van der Waals surface area contributed by atoms with Gasteiger partial charge in [0.15, 0.2) is 6.61 Å². The molecule has 0 radical (unpaired) electrons. The fraction of sp³-hybridized carbons (Fsp3) is 0.120. The summed E-state index contributed by atoms with van der Waals surface area (Å²) < 4.78 is 21.9. The molecule has 0 bridgehead atoms. The molecule has 33 heavy (non-hydrogen) atoms. The molecule has 1 aromatic heterocycles. The topological polar surface area (TPSA) is 75.0 Å². The predicted molar refractivity (Wildman–Crippen MR) is 126 cm³/mol. The van der Waals surface area contributed by atoms with Crippen LogP contribution >= 0.6 is 23.2 Å². The smallest absolute Gasteiger partial charge is 0.349 e. The lowest BCUT2D eigenvalue weighted by Gasteiger charge is -2.10. The van der Waals surface area contributed by atoms with E-state index in [2.05, 4.69) is 0 Å². The minimum atomic E-state index is -0.611. The van der Waals surface area contributed by atoms with Gasteiger partial charge in [0.05, 0.1) is 5.39 Å². The maximum Gasteiger partial charge on any atom is 0.349 e. The van der Waals surface area contributed by atoms with Crippen LogP contribution in [0, 0.1) is 13.8 Å². The molecular formula is C25H18Cl2O6. The molecule has 0 aliphatic rings. The van der Waals surface area contributed by atoms with Crippen molar-refractivity contribution in [2.24, 2.45) is 0 Å². The number of benzene rings is 3. The third-order valence-electron chi connectivity index (χ3n) is 4.75. The Morgan fingerprint density at radius 1 is 0.909 bits per heavy atom. The molecule has 6 nitrogen and oxygen atoms in total. The highest BCUT2D eigenvalue weighted by Gasteiger charge is 2.13. The van der Waals surface area contributed by atoms with Gasteiger partial charge in [-0.2, -0.15) is 0 Å². The van der Waals surface area contributed by atoms with Crippen molar-refractivity contribution in [3.8, 4) is 23.0 Å². The van der Waals surface area contributed by atoms with Crippen LogP contribution in [0.1, 0.15) is 11.1 Å². The van der Waals surface area contributed by atoms with E-state index in [0.717, 1.165) is 11.1 Å². The van der Waals surface area contributed by atoms with E-state index < -0.39 is 5.97 Å². The Hall–Kier alpha value is -3.48. The fourth-order valence-electron chi connectivity index (χ4n) is 3.15. The van der Waals surface area contributed by atoms with Crippen molar-refractivity contribution < 1.29 is 23.4 Å². The van der Waals surface area contributed by atoms with E-state index in [1.807, 2.05) is 13.8 Å². The Balaban J connectivity index is 1.47. The maximum atomic E-state index is 12.8. The van der Waals surface area contributed by atoms with Gasteiger partial charge in [-0.25, -0.2) is 4.79 Å². The van der Waals surface area contributed by atoms with Gasteiger partial charge < -0.3 is 18.6 Å². The van der Waals surface area contributed by atoms with E-state index >= 15 is 0 Å². The molecule has 0 unspecified atom stereocenters. The molecule has 8 heteroatoms. The van der Waals surface area contributed by atoms with Gasteiger partial charge in [0.1, 0.15) is 29.1 Å². The first-order valence-electron chi connectivity index (χ1n) is 9.89. The van der Waals surface area contributed by atoms with Crippen molar-refractivity contribution in [2.45, 2.75) is 13.8 Å². The largest absolute Gasteiger partial charge is 0.482 e. The van der Waals surface area contributed by atoms with Gasteiger partial charge in [-0.15, -0.1) is 0 Å². The van der Waals surface area contributed by atoms with Crippen LogP contribution in [0.15, 0.2) is 70.1 Å². The first-order valence-corrected chi connectivity index (χ1v) is 10.6. The number of ether oxygens (including phenoxy) is 3. The van der Waals surface area contributed by atoms with Crippen LogP contribution in [0.2, 0.25) is 10.0 Å². The van der Waals surface area contributed by atoms with E-state index in [1.54, 1.807) is 36.4 Å². The summed E-state index contributed by atoms with van der Waals surface area (Å²) in [5.41, 5.74) is 1.57. The summed E-state index contributed by atoms with van der Waals surface area (Å²) in [6.45, 7) is 3.42. The van der Waals surface area contributed by atoms with Crippen LogP contribution in [0.5, 0.6) is 23.0 Å². The standard InChI is InChI=1S/C25H18Cl2O6/c1-14-9-19(10-15(2)24(14)27)32-22-12-31-21-11-18(7-8-20(21)25(22)29)33-23(28)13-30-17-5-3-16(26)4-6-17/h3-12H,13H2,1-2H3. The van der Waals surface area contributed by atoms with E-state index in [0.29, 0.717) is 21.5 Å². The molecular weight excluding hydrogens is 467 g/mol. The molecule has 0 saturated heterocycles. The number of esters is 1. The zero-order valence-electron chi connectivity index (χ0n) is 17.7. The Morgan fingerprint density at radius 3 is 2.27 bits per heavy atom. The van der Waals surface area contributed by atoms with E-state index in [4.69, 9.17) is 41.8 Å². The molecule has 4 rings (SSSR count). The summed E-state index contributed by atoms with van der Waals surface area (Å²) in [7, 11) is 0. The van der Waals surface area contributed by atoms with Gasteiger partial charge in [-0.05, 0) is 73.5 Å². The molecule has 0 spiro atoms. The molecule has 0 atom stereocenters. The van der Waals surface area contributed by atoms with Gasteiger partial charge in [-0.3, -0.25) is 4.79 Å². The normalized spacial score (nSPS) is 10.8. The highest BCUT2D eigenvalue weighted by molar-refractivity contribution is 6.32. The minimum absolute atomic E-state index is 0.0322. The number of carbonyl (C=O) groups is 1. The van der Waals surface area contributed by atoms with Gasteiger partial charge in [-0.1, -0.05) is 23.2 Å². The number of fused-ring (bicyclic) bond motifs is 1. The Morgan fingerprint density at radius 2 is 1.58 bits per heavy atom. The second-order valence-electron chi connectivity index (χ2n) is 7.28. The molecule has 1 heterocycles. The summed E-state index contributed by atoms with van der Waals surface area (Å²) in [5, 5.41) is 1.50. The molecule has 0 N–H and O–H groups in total. The number of aryl methyl sites for hydroxylation is 2. The van der Waals surface area contributed by atoms with Crippen molar-refractivity contribution in [3.05, 3.63) is 92.3 Å². The summed E-state index contributed by atoms with van der Waals surface area (Å²) in [5.74, 6) is 0.601. The molecule has 0 aliphatic carbocycles. The van der Waals surface area contributed by atoms with Crippen LogP contribution in [0.25, 0.3) is 11.0 Å². The summed E-state index contributed by atoms with van der Waals surface area (Å²) in [6.07, 6.45) is 1.22. The van der Waals surface area contributed by atoms with Crippen molar-refractivity contribution in [1.29, 1.82) is 0 Å². The van der Waals surface area contributed by atoms with Gasteiger partial charge in [0.25, 0.3) is 0 Å². The lowest BCUT2D eigenvalue weighted by Crippen LogP contribution is -2.17. The molecule has 168 valence electrons. The third-order valence-corrected chi connectivity index (χ3v) is 5.60. The third kappa shape index (κ3) is 5.30. The van der Waals surface area contributed by atoms with E-state index in [-0.39, 0.29) is 34.5 Å². The van der Waals surface area contributed by atoms with Crippen LogP contribution in [0.3, 0.4) is 0 Å². The lowest BCUT2D eigenvalue weighted by molar-refractivity contribution is -0.136. The summed E-state index contributed by atoms with van der Waals surface area (Å²) in [4.78, 5) is 24.9. The maximum absolute atomic E-state index is 12.8. The van der Waals surface area contributed by atoms with Crippen LogP contribution in [-0.2, 0) is 4.79 Å².